The molecule has 2 atom stereocenters. The van der Waals surface area contributed by atoms with Gasteiger partial charge >= 0.3 is 0 Å². The third kappa shape index (κ3) is 3.80. The van der Waals surface area contributed by atoms with Gasteiger partial charge < -0.3 is 14.1 Å². The molecule has 7 aromatic rings. The van der Waals surface area contributed by atoms with Crippen LogP contribution in [-0.2, 0) is 0 Å². The van der Waals surface area contributed by atoms with Gasteiger partial charge in [-0.25, -0.2) is 0 Å². The zero-order valence-electron chi connectivity index (χ0n) is 23.2. The second kappa shape index (κ2) is 9.47. The normalized spacial score (nSPS) is 17.1. The average molecular weight is 555 g/mol. The standard InChI is InChI=1S/C39H26N2O2/c1-2-9-26(10-3-1)41(27-18-16-25(17-19-27)36-24-34-35(42-36)15-8-22-40-34)28-20-21-33-37(23-28)43-39-32-14-7-5-12-30(32)29-11-4-6-13-31(29)38(33)39/h1-24,33,37H. The Hall–Kier alpha value is -5.61. The minimum absolute atomic E-state index is 0.0993. The second-order valence-electron chi connectivity index (χ2n) is 11.1. The Labute approximate surface area is 248 Å². The molecule has 0 saturated carbocycles. The summed E-state index contributed by atoms with van der Waals surface area (Å²) in [5.74, 6) is 1.96. The van der Waals surface area contributed by atoms with Gasteiger partial charge in [-0.3, -0.25) is 4.98 Å². The lowest BCUT2D eigenvalue weighted by molar-refractivity contribution is 0.270. The first-order chi connectivity index (χ1) is 21.3. The lowest BCUT2D eigenvalue weighted by Gasteiger charge is -2.30. The zero-order valence-corrected chi connectivity index (χ0v) is 23.2. The van der Waals surface area contributed by atoms with Crippen molar-refractivity contribution >= 4 is 44.0 Å². The van der Waals surface area contributed by atoms with Crippen molar-refractivity contribution in [3.63, 3.8) is 0 Å². The summed E-state index contributed by atoms with van der Waals surface area (Å²) < 4.78 is 12.9. The number of ether oxygens (including phenoxy) is 1. The van der Waals surface area contributed by atoms with Crippen LogP contribution < -0.4 is 9.64 Å². The van der Waals surface area contributed by atoms with E-state index in [0.717, 1.165) is 45.2 Å². The number of allylic oxidation sites excluding steroid dienone is 1. The fourth-order valence-electron chi connectivity index (χ4n) is 6.70. The van der Waals surface area contributed by atoms with Crippen LogP contribution in [0.25, 0.3) is 44.0 Å². The number of pyridine rings is 1. The van der Waals surface area contributed by atoms with E-state index in [1.54, 1.807) is 6.20 Å². The number of rotatable bonds is 4. The minimum Gasteiger partial charge on any atom is -0.484 e. The predicted molar refractivity (Wildman–Crippen MR) is 174 cm³/mol. The molecule has 5 aromatic carbocycles. The zero-order chi connectivity index (χ0) is 28.3. The van der Waals surface area contributed by atoms with Crippen molar-refractivity contribution in [3.05, 3.63) is 157 Å². The third-order valence-electron chi connectivity index (χ3n) is 8.64. The monoisotopic (exact) mass is 554 g/mol. The average Bonchev–Trinajstić information content (AvgIpc) is 3.68. The molecule has 0 spiro atoms. The van der Waals surface area contributed by atoms with E-state index in [0.29, 0.717) is 0 Å². The largest absolute Gasteiger partial charge is 0.484 e. The Morgan fingerprint density at radius 1 is 0.651 bits per heavy atom. The molecule has 2 unspecified atom stereocenters. The van der Waals surface area contributed by atoms with Crippen molar-refractivity contribution in [2.75, 3.05) is 4.90 Å². The number of aromatic nitrogens is 1. The summed E-state index contributed by atoms with van der Waals surface area (Å²) in [4.78, 5) is 6.71. The molecule has 4 heteroatoms. The van der Waals surface area contributed by atoms with Gasteiger partial charge in [-0.2, -0.15) is 0 Å². The molecule has 3 heterocycles. The summed E-state index contributed by atoms with van der Waals surface area (Å²) >= 11 is 0. The molecule has 204 valence electrons. The number of hydrogen-bond acceptors (Lipinski definition) is 4. The molecule has 2 aromatic heterocycles. The van der Waals surface area contributed by atoms with Crippen LogP contribution in [-0.4, -0.2) is 11.1 Å². The molecule has 0 amide bonds. The first-order valence-electron chi connectivity index (χ1n) is 14.6. The van der Waals surface area contributed by atoms with E-state index in [-0.39, 0.29) is 12.0 Å². The van der Waals surface area contributed by atoms with Crippen LogP contribution in [0.3, 0.4) is 0 Å². The van der Waals surface area contributed by atoms with Crippen molar-refractivity contribution < 1.29 is 9.15 Å². The summed E-state index contributed by atoms with van der Waals surface area (Å²) in [6.07, 6.45) is 8.53. The quantitative estimate of drug-likeness (QED) is 0.203. The minimum atomic E-state index is -0.0993. The lowest BCUT2D eigenvalue weighted by Crippen LogP contribution is -2.24. The molecule has 4 nitrogen and oxygen atoms in total. The Kier molecular flexibility index (Phi) is 5.29. The van der Waals surface area contributed by atoms with Crippen LogP contribution in [0.1, 0.15) is 11.5 Å². The van der Waals surface area contributed by atoms with E-state index >= 15 is 0 Å². The number of para-hydroxylation sites is 1. The number of nitrogens with zero attached hydrogens (tertiary/aromatic N) is 2. The van der Waals surface area contributed by atoms with Crippen LogP contribution in [0.4, 0.5) is 11.4 Å². The lowest BCUT2D eigenvalue weighted by atomic mass is 9.85. The van der Waals surface area contributed by atoms with Crippen molar-refractivity contribution in [1.82, 2.24) is 4.98 Å². The van der Waals surface area contributed by atoms with Crippen molar-refractivity contribution in [1.29, 1.82) is 0 Å². The molecule has 0 radical (unpaired) electrons. The number of hydrogen-bond donors (Lipinski definition) is 0. The molecule has 2 aliphatic rings. The number of anilines is 2. The van der Waals surface area contributed by atoms with E-state index in [1.807, 2.05) is 18.2 Å². The van der Waals surface area contributed by atoms with Crippen LogP contribution in [0, 0.1) is 0 Å². The molecule has 1 aliphatic heterocycles. The van der Waals surface area contributed by atoms with Crippen LogP contribution in [0.5, 0.6) is 5.75 Å². The molecule has 0 saturated heterocycles. The second-order valence-corrected chi connectivity index (χ2v) is 11.1. The molecular weight excluding hydrogens is 528 g/mol. The highest BCUT2D eigenvalue weighted by atomic mass is 16.5. The van der Waals surface area contributed by atoms with Crippen molar-refractivity contribution in [2.45, 2.75) is 12.0 Å². The van der Waals surface area contributed by atoms with Crippen LogP contribution >= 0.6 is 0 Å². The third-order valence-corrected chi connectivity index (χ3v) is 8.64. The Bertz CT molecular complexity index is 2200. The van der Waals surface area contributed by atoms with Crippen molar-refractivity contribution in [2.24, 2.45) is 0 Å². The molecule has 43 heavy (non-hydrogen) atoms. The summed E-state index contributed by atoms with van der Waals surface area (Å²) in [7, 11) is 0. The summed E-state index contributed by atoms with van der Waals surface area (Å²) in [5.41, 5.74) is 7.16. The van der Waals surface area contributed by atoms with Gasteiger partial charge in [0.05, 0.1) is 0 Å². The maximum absolute atomic E-state index is 6.82. The summed E-state index contributed by atoms with van der Waals surface area (Å²) in [5, 5.41) is 4.94. The molecule has 0 N–H and O–H groups in total. The molecule has 0 bridgehead atoms. The fraction of sp³-hybridized carbons (Fsp3) is 0.0513. The maximum atomic E-state index is 6.82. The van der Waals surface area contributed by atoms with Crippen LogP contribution in [0.2, 0.25) is 0 Å². The van der Waals surface area contributed by atoms with Gasteiger partial charge in [-0.1, -0.05) is 72.8 Å². The number of fused-ring (bicyclic) bond motifs is 9. The van der Waals surface area contributed by atoms with Crippen LogP contribution in [0.15, 0.2) is 156 Å². The fourth-order valence-corrected chi connectivity index (χ4v) is 6.70. The first kappa shape index (κ1) is 24.0. The van der Waals surface area contributed by atoms with E-state index < -0.39 is 0 Å². The van der Waals surface area contributed by atoms with Gasteiger partial charge in [-0.05, 0) is 76.8 Å². The molecule has 9 rings (SSSR count). The summed E-state index contributed by atoms with van der Waals surface area (Å²) in [6, 6.07) is 42.1. The molecule has 0 fully saturated rings. The Morgan fingerprint density at radius 2 is 1.35 bits per heavy atom. The van der Waals surface area contributed by atoms with E-state index in [9.17, 15) is 0 Å². The van der Waals surface area contributed by atoms with Gasteiger partial charge in [-0.15, -0.1) is 0 Å². The van der Waals surface area contributed by atoms with Crippen molar-refractivity contribution in [3.8, 4) is 17.1 Å². The van der Waals surface area contributed by atoms with E-state index in [4.69, 9.17) is 9.15 Å². The SMILES string of the molecule is C1=CC2c3c(c4ccccc4c4ccccc34)OC2C=C1N(c1ccccc1)c1ccc(-c2cc3ncccc3o2)cc1. The van der Waals surface area contributed by atoms with E-state index in [1.165, 1.54) is 27.1 Å². The topological polar surface area (TPSA) is 38.5 Å². The molecule has 1 aliphatic carbocycles. The maximum Gasteiger partial charge on any atom is 0.153 e. The Balaban J connectivity index is 1.12. The first-order valence-corrected chi connectivity index (χ1v) is 14.6. The number of furan rings is 1. The van der Waals surface area contributed by atoms with Gasteiger partial charge in [0, 0.05) is 51.8 Å². The van der Waals surface area contributed by atoms with Gasteiger partial charge in [0.15, 0.2) is 5.58 Å². The smallest absolute Gasteiger partial charge is 0.153 e. The Morgan fingerprint density at radius 3 is 2.14 bits per heavy atom. The highest BCUT2D eigenvalue weighted by Crippen LogP contribution is 2.50. The molecular formula is C39H26N2O2. The van der Waals surface area contributed by atoms with Gasteiger partial charge in [0.2, 0.25) is 0 Å². The van der Waals surface area contributed by atoms with Gasteiger partial charge in [0.1, 0.15) is 23.1 Å². The highest BCUT2D eigenvalue weighted by Gasteiger charge is 2.37. The highest BCUT2D eigenvalue weighted by molar-refractivity contribution is 6.13. The number of benzene rings is 5. The summed E-state index contributed by atoms with van der Waals surface area (Å²) in [6.45, 7) is 0. The predicted octanol–water partition coefficient (Wildman–Crippen LogP) is 9.94. The van der Waals surface area contributed by atoms with Gasteiger partial charge in [0.25, 0.3) is 0 Å². The van der Waals surface area contributed by atoms with E-state index in [2.05, 4.69) is 131 Å².